The Morgan fingerprint density at radius 2 is 1.78 bits per heavy atom. The number of carbonyl (C=O) groups is 1. The summed E-state index contributed by atoms with van der Waals surface area (Å²) in [6, 6.07) is 16.9. The summed E-state index contributed by atoms with van der Waals surface area (Å²) in [6.07, 6.45) is 2.87. The van der Waals surface area contributed by atoms with E-state index in [-0.39, 0.29) is 6.03 Å². The monoisotopic (exact) mass is 362 g/mol. The molecular formula is C22H26N4O. The van der Waals surface area contributed by atoms with Crippen LogP contribution in [0.1, 0.15) is 11.1 Å². The van der Waals surface area contributed by atoms with Gasteiger partial charge in [0.15, 0.2) is 0 Å². The van der Waals surface area contributed by atoms with E-state index in [1.54, 1.807) is 0 Å². The van der Waals surface area contributed by atoms with Crippen LogP contribution in [-0.2, 0) is 6.42 Å². The Hall–Kier alpha value is -2.95. The van der Waals surface area contributed by atoms with Crippen LogP contribution in [0.2, 0.25) is 0 Å². The van der Waals surface area contributed by atoms with Gasteiger partial charge < -0.3 is 20.1 Å². The Balaban J connectivity index is 1.25. The molecule has 1 saturated heterocycles. The third-order valence-electron chi connectivity index (χ3n) is 5.31. The molecule has 140 valence electrons. The molecule has 0 spiro atoms. The number of carbonyl (C=O) groups excluding carboxylic acids is 1. The predicted octanol–water partition coefficient (Wildman–Crippen LogP) is 3.55. The van der Waals surface area contributed by atoms with E-state index >= 15 is 0 Å². The van der Waals surface area contributed by atoms with Gasteiger partial charge in [-0.25, -0.2) is 4.79 Å². The van der Waals surface area contributed by atoms with Crippen LogP contribution in [0.3, 0.4) is 0 Å². The molecule has 0 bridgehead atoms. The van der Waals surface area contributed by atoms with Gasteiger partial charge in [-0.3, -0.25) is 0 Å². The van der Waals surface area contributed by atoms with Crippen molar-refractivity contribution in [3.8, 4) is 0 Å². The van der Waals surface area contributed by atoms with Crippen molar-refractivity contribution in [1.29, 1.82) is 0 Å². The van der Waals surface area contributed by atoms with Crippen LogP contribution in [0.25, 0.3) is 10.9 Å². The maximum atomic E-state index is 12.5. The number of anilines is 1. The normalized spacial score (nSPS) is 14.6. The number of para-hydroxylation sites is 1. The highest BCUT2D eigenvalue weighted by molar-refractivity contribution is 5.83. The summed E-state index contributed by atoms with van der Waals surface area (Å²) in [5.74, 6) is 0. The Morgan fingerprint density at radius 3 is 2.56 bits per heavy atom. The molecule has 5 nitrogen and oxygen atoms in total. The molecule has 0 aliphatic carbocycles. The molecule has 1 aliphatic heterocycles. The molecule has 2 N–H and O–H groups in total. The molecule has 0 saturated carbocycles. The number of benzene rings is 2. The summed E-state index contributed by atoms with van der Waals surface area (Å²) in [5, 5.41) is 4.31. The van der Waals surface area contributed by atoms with Gasteiger partial charge in [0.1, 0.15) is 0 Å². The van der Waals surface area contributed by atoms with Gasteiger partial charge in [-0.1, -0.05) is 35.9 Å². The molecule has 27 heavy (non-hydrogen) atoms. The fraction of sp³-hybridized carbons (Fsp3) is 0.318. The maximum Gasteiger partial charge on any atom is 0.317 e. The summed E-state index contributed by atoms with van der Waals surface area (Å²) in [7, 11) is 0. The Morgan fingerprint density at radius 1 is 1.04 bits per heavy atom. The van der Waals surface area contributed by atoms with Crippen LogP contribution in [0.5, 0.6) is 0 Å². The first kappa shape index (κ1) is 17.5. The summed E-state index contributed by atoms with van der Waals surface area (Å²) < 4.78 is 0. The second-order valence-corrected chi connectivity index (χ2v) is 7.15. The number of nitrogens with one attached hydrogen (secondary N) is 2. The lowest BCUT2D eigenvalue weighted by Gasteiger charge is -2.36. The first-order valence-electron chi connectivity index (χ1n) is 9.60. The van der Waals surface area contributed by atoms with E-state index in [1.165, 1.54) is 22.2 Å². The molecule has 0 atom stereocenters. The molecule has 3 aromatic rings. The third-order valence-corrected chi connectivity index (χ3v) is 5.31. The zero-order valence-corrected chi connectivity index (χ0v) is 15.7. The van der Waals surface area contributed by atoms with Gasteiger partial charge in [-0.05, 0) is 37.1 Å². The second-order valence-electron chi connectivity index (χ2n) is 7.15. The minimum atomic E-state index is 0.0402. The van der Waals surface area contributed by atoms with Gasteiger partial charge in [0.2, 0.25) is 0 Å². The van der Waals surface area contributed by atoms with Crippen molar-refractivity contribution in [2.45, 2.75) is 13.3 Å². The first-order valence-corrected chi connectivity index (χ1v) is 9.60. The van der Waals surface area contributed by atoms with E-state index < -0.39 is 0 Å². The van der Waals surface area contributed by atoms with Crippen molar-refractivity contribution in [3.63, 3.8) is 0 Å². The van der Waals surface area contributed by atoms with Crippen LogP contribution >= 0.6 is 0 Å². The number of fused-ring (bicyclic) bond motifs is 1. The van der Waals surface area contributed by atoms with E-state index in [1.807, 2.05) is 23.2 Å². The van der Waals surface area contributed by atoms with Gasteiger partial charge in [0.05, 0.1) is 0 Å². The van der Waals surface area contributed by atoms with Crippen molar-refractivity contribution in [3.05, 3.63) is 65.9 Å². The zero-order valence-electron chi connectivity index (χ0n) is 15.7. The van der Waals surface area contributed by atoms with Gasteiger partial charge in [0, 0.05) is 55.5 Å². The van der Waals surface area contributed by atoms with Crippen LogP contribution in [0.4, 0.5) is 10.5 Å². The summed E-state index contributed by atoms with van der Waals surface area (Å²) in [4.78, 5) is 20.0. The number of rotatable bonds is 4. The Labute approximate surface area is 160 Å². The molecule has 2 aromatic carbocycles. The molecule has 2 amide bonds. The molecule has 0 radical (unpaired) electrons. The Kier molecular flexibility index (Phi) is 5.01. The van der Waals surface area contributed by atoms with E-state index in [9.17, 15) is 4.79 Å². The van der Waals surface area contributed by atoms with Crippen molar-refractivity contribution >= 4 is 22.6 Å². The summed E-state index contributed by atoms with van der Waals surface area (Å²) >= 11 is 0. The Bertz CT molecular complexity index is 907. The van der Waals surface area contributed by atoms with Gasteiger partial charge in [-0.2, -0.15) is 0 Å². The maximum absolute atomic E-state index is 12.5. The van der Waals surface area contributed by atoms with E-state index in [0.29, 0.717) is 6.54 Å². The molecule has 0 unspecified atom stereocenters. The largest absolute Gasteiger partial charge is 0.368 e. The van der Waals surface area contributed by atoms with Crippen LogP contribution in [-0.4, -0.2) is 48.6 Å². The molecule has 5 heteroatoms. The van der Waals surface area contributed by atoms with E-state index in [4.69, 9.17) is 0 Å². The molecule has 4 rings (SSSR count). The van der Waals surface area contributed by atoms with E-state index in [0.717, 1.165) is 38.1 Å². The average Bonchev–Trinajstić information content (AvgIpc) is 3.12. The number of aromatic nitrogens is 1. The minimum Gasteiger partial charge on any atom is -0.368 e. The fourth-order valence-electron chi connectivity index (χ4n) is 3.68. The summed E-state index contributed by atoms with van der Waals surface area (Å²) in [5.41, 5.74) is 4.90. The smallest absolute Gasteiger partial charge is 0.317 e. The molecule has 1 fully saturated rings. The van der Waals surface area contributed by atoms with E-state index in [2.05, 4.69) is 58.5 Å². The van der Waals surface area contributed by atoms with Crippen LogP contribution in [0.15, 0.2) is 54.7 Å². The van der Waals surface area contributed by atoms with Crippen LogP contribution < -0.4 is 10.2 Å². The fourth-order valence-corrected chi connectivity index (χ4v) is 3.68. The predicted molar refractivity (Wildman–Crippen MR) is 110 cm³/mol. The second kappa shape index (κ2) is 7.74. The summed E-state index contributed by atoms with van der Waals surface area (Å²) in [6.45, 7) is 6.01. The number of aromatic amines is 1. The topological polar surface area (TPSA) is 51.4 Å². The van der Waals surface area contributed by atoms with Crippen LogP contribution in [0, 0.1) is 6.92 Å². The van der Waals surface area contributed by atoms with Crippen molar-refractivity contribution in [1.82, 2.24) is 15.2 Å². The quantitative estimate of drug-likeness (QED) is 0.746. The molecule has 1 aliphatic rings. The zero-order chi connectivity index (χ0) is 18.6. The molecule has 1 aromatic heterocycles. The minimum absolute atomic E-state index is 0.0402. The molecule has 2 heterocycles. The lowest BCUT2D eigenvalue weighted by Crippen LogP contribution is -2.52. The van der Waals surface area contributed by atoms with Gasteiger partial charge in [0.25, 0.3) is 0 Å². The van der Waals surface area contributed by atoms with Gasteiger partial charge in [-0.15, -0.1) is 0 Å². The number of piperazine rings is 1. The standard InChI is InChI=1S/C22H26N4O/c1-17-6-8-19(9-7-17)25-12-14-26(15-13-25)22(27)23-11-10-18-16-24-21-5-3-2-4-20(18)21/h2-9,16,24H,10-15H2,1H3,(H,23,27). The highest BCUT2D eigenvalue weighted by Crippen LogP contribution is 2.18. The lowest BCUT2D eigenvalue weighted by atomic mass is 10.1. The third kappa shape index (κ3) is 3.92. The number of nitrogens with zero attached hydrogens (tertiary/aromatic N) is 2. The highest BCUT2D eigenvalue weighted by Gasteiger charge is 2.21. The molecular weight excluding hydrogens is 336 g/mol. The number of aryl methyl sites for hydroxylation is 1. The number of urea groups is 1. The van der Waals surface area contributed by atoms with Crippen molar-refractivity contribution in [2.24, 2.45) is 0 Å². The number of hydrogen-bond donors (Lipinski definition) is 2. The SMILES string of the molecule is Cc1ccc(N2CCN(C(=O)NCCc3c[nH]c4ccccc34)CC2)cc1. The van der Waals surface area contributed by atoms with Gasteiger partial charge >= 0.3 is 6.03 Å². The average molecular weight is 362 g/mol. The number of H-pyrrole nitrogens is 1. The van der Waals surface area contributed by atoms with Crippen molar-refractivity contribution < 1.29 is 4.79 Å². The number of amides is 2. The highest BCUT2D eigenvalue weighted by atomic mass is 16.2. The van der Waals surface area contributed by atoms with Crippen molar-refractivity contribution in [2.75, 3.05) is 37.6 Å². The lowest BCUT2D eigenvalue weighted by molar-refractivity contribution is 0.194. The first-order chi connectivity index (χ1) is 13.2. The number of hydrogen-bond acceptors (Lipinski definition) is 2.